The maximum Gasteiger partial charge on any atom is 0.221 e. The van der Waals surface area contributed by atoms with Crippen LogP contribution in [0.3, 0.4) is 0 Å². The van der Waals surface area contributed by atoms with Crippen LogP contribution in [0.4, 0.5) is 0 Å². The van der Waals surface area contributed by atoms with Crippen LogP contribution in [0.25, 0.3) is 0 Å². The van der Waals surface area contributed by atoms with Gasteiger partial charge in [-0.15, -0.1) is 0 Å². The number of allylic oxidation sites excluding steroid dienone is 2. The molecule has 3 unspecified atom stereocenters. The topological polar surface area (TPSA) is 41.5 Å². The second kappa shape index (κ2) is 17.4. The molecular formula is C27H52N3O+. The first-order chi connectivity index (χ1) is 15.1. The van der Waals surface area contributed by atoms with Crippen molar-refractivity contribution >= 4 is 12.1 Å². The van der Waals surface area contributed by atoms with E-state index in [4.69, 9.17) is 4.99 Å². The lowest BCUT2D eigenvalue weighted by molar-refractivity contribution is -0.959. The second-order valence-electron chi connectivity index (χ2n) is 9.52. The Morgan fingerprint density at radius 3 is 2.06 bits per heavy atom. The first kappa shape index (κ1) is 27.9. The SMILES string of the molecule is CCC/C=C/CCCCCCCCCCCCCC1N=CC[N+]1(CC)C(C)NC(C)=O. The Bertz CT molecular complexity index is 517. The molecule has 1 N–H and O–H groups in total. The molecule has 1 heterocycles. The summed E-state index contributed by atoms with van der Waals surface area (Å²) in [4.78, 5) is 16.3. The highest BCUT2D eigenvalue weighted by atomic mass is 16.1. The van der Waals surface area contributed by atoms with Crippen molar-refractivity contribution in [3.05, 3.63) is 12.2 Å². The van der Waals surface area contributed by atoms with Crippen molar-refractivity contribution in [2.24, 2.45) is 4.99 Å². The highest BCUT2D eigenvalue weighted by Gasteiger charge is 2.42. The molecule has 0 radical (unpaired) electrons. The van der Waals surface area contributed by atoms with Crippen molar-refractivity contribution < 1.29 is 9.28 Å². The minimum Gasteiger partial charge on any atom is -0.307 e. The third-order valence-electron chi connectivity index (χ3n) is 7.02. The molecular weight excluding hydrogens is 382 g/mol. The molecule has 0 aromatic rings. The van der Waals surface area contributed by atoms with E-state index in [-0.39, 0.29) is 12.1 Å². The average molecular weight is 435 g/mol. The molecule has 1 amide bonds. The average Bonchev–Trinajstić information content (AvgIpc) is 3.17. The monoisotopic (exact) mass is 434 g/mol. The van der Waals surface area contributed by atoms with E-state index in [0.717, 1.165) is 24.0 Å². The van der Waals surface area contributed by atoms with E-state index < -0.39 is 0 Å². The van der Waals surface area contributed by atoms with E-state index in [1.54, 1.807) is 6.92 Å². The van der Waals surface area contributed by atoms with Gasteiger partial charge in [0, 0.05) is 20.3 Å². The molecule has 4 heteroatoms. The molecule has 0 fully saturated rings. The first-order valence-corrected chi connectivity index (χ1v) is 13.4. The van der Waals surface area contributed by atoms with Gasteiger partial charge in [-0.05, 0) is 32.6 Å². The van der Waals surface area contributed by atoms with E-state index >= 15 is 0 Å². The summed E-state index contributed by atoms with van der Waals surface area (Å²) in [5.41, 5.74) is 0. The lowest BCUT2D eigenvalue weighted by Crippen LogP contribution is -2.63. The summed E-state index contributed by atoms with van der Waals surface area (Å²) in [7, 11) is 0. The molecule has 180 valence electrons. The lowest BCUT2D eigenvalue weighted by atomic mass is 10.0. The van der Waals surface area contributed by atoms with Crippen molar-refractivity contribution in [2.75, 3.05) is 13.1 Å². The zero-order chi connectivity index (χ0) is 22.8. The molecule has 0 aliphatic carbocycles. The second-order valence-corrected chi connectivity index (χ2v) is 9.52. The number of carbonyl (C=O) groups excluding carboxylic acids is 1. The van der Waals surface area contributed by atoms with Gasteiger partial charge >= 0.3 is 0 Å². The van der Waals surface area contributed by atoms with Gasteiger partial charge in [0.1, 0.15) is 6.54 Å². The predicted octanol–water partition coefficient (Wildman–Crippen LogP) is 7.14. The van der Waals surface area contributed by atoms with Crippen molar-refractivity contribution in [3.63, 3.8) is 0 Å². The maximum atomic E-state index is 11.5. The minimum absolute atomic E-state index is 0.0589. The summed E-state index contributed by atoms with van der Waals surface area (Å²) < 4.78 is 0.884. The number of quaternary nitrogens is 1. The Morgan fingerprint density at radius 2 is 1.52 bits per heavy atom. The quantitative estimate of drug-likeness (QED) is 0.131. The van der Waals surface area contributed by atoms with Gasteiger partial charge in [0.2, 0.25) is 5.91 Å². The summed E-state index contributed by atoms with van der Waals surface area (Å²) in [6, 6.07) is 0. The van der Waals surface area contributed by atoms with Crippen LogP contribution in [-0.4, -0.2) is 42.0 Å². The molecule has 0 spiro atoms. The molecule has 0 saturated carbocycles. The molecule has 4 nitrogen and oxygen atoms in total. The Hall–Kier alpha value is -1.16. The van der Waals surface area contributed by atoms with Crippen molar-refractivity contribution in [2.45, 2.75) is 136 Å². The van der Waals surface area contributed by atoms with Crippen LogP contribution in [-0.2, 0) is 4.79 Å². The van der Waals surface area contributed by atoms with E-state index in [9.17, 15) is 4.79 Å². The van der Waals surface area contributed by atoms with Crippen LogP contribution in [0.15, 0.2) is 17.1 Å². The zero-order valence-corrected chi connectivity index (χ0v) is 21.2. The fraction of sp³-hybridized carbons (Fsp3) is 0.852. The zero-order valence-electron chi connectivity index (χ0n) is 21.2. The van der Waals surface area contributed by atoms with Gasteiger partial charge in [-0.3, -0.25) is 9.28 Å². The normalized spacial score (nSPS) is 21.7. The van der Waals surface area contributed by atoms with Crippen LogP contribution < -0.4 is 5.32 Å². The third-order valence-corrected chi connectivity index (χ3v) is 7.02. The summed E-state index contributed by atoms with van der Waals surface area (Å²) in [6.07, 6.45) is 27.3. The smallest absolute Gasteiger partial charge is 0.221 e. The van der Waals surface area contributed by atoms with E-state index in [0.29, 0.717) is 6.17 Å². The molecule has 1 aliphatic rings. The van der Waals surface area contributed by atoms with Gasteiger partial charge in [0.15, 0.2) is 12.3 Å². The number of unbranched alkanes of at least 4 members (excludes halogenated alkanes) is 12. The van der Waals surface area contributed by atoms with Crippen molar-refractivity contribution in [1.29, 1.82) is 0 Å². The Labute approximate surface area is 193 Å². The third kappa shape index (κ3) is 11.3. The number of amides is 1. The van der Waals surface area contributed by atoms with Gasteiger partial charge in [-0.2, -0.15) is 0 Å². The molecule has 1 aliphatic heterocycles. The summed E-state index contributed by atoms with van der Waals surface area (Å²) >= 11 is 0. The number of nitrogens with one attached hydrogen (secondary N) is 1. The number of hydrogen-bond acceptors (Lipinski definition) is 2. The van der Waals surface area contributed by atoms with Crippen LogP contribution in [0.1, 0.15) is 124 Å². The van der Waals surface area contributed by atoms with Gasteiger partial charge in [-0.25, -0.2) is 4.99 Å². The number of nitrogens with zero attached hydrogens (tertiary/aromatic N) is 2. The van der Waals surface area contributed by atoms with Gasteiger partial charge in [0.05, 0.1) is 12.8 Å². The molecule has 0 aromatic heterocycles. The highest BCUT2D eigenvalue weighted by Crippen LogP contribution is 2.27. The molecule has 1 rings (SSSR count). The maximum absolute atomic E-state index is 11.5. The van der Waals surface area contributed by atoms with Gasteiger partial charge in [0.25, 0.3) is 0 Å². The lowest BCUT2D eigenvalue weighted by Gasteiger charge is -2.42. The fourth-order valence-electron chi connectivity index (χ4n) is 4.94. The van der Waals surface area contributed by atoms with Crippen LogP contribution >= 0.6 is 0 Å². The fourth-order valence-corrected chi connectivity index (χ4v) is 4.94. The number of hydrogen-bond donors (Lipinski definition) is 1. The first-order valence-electron chi connectivity index (χ1n) is 13.4. The largest absolute Gasteiger partial charge is 0.307 e. The van der Waals surface area contributed by atoms with Crippen LogP contribution in [0.2, 0.25) is 0 Å². The molecule has 31 heavy (non-hydrogen) atoms. The standard InChI is InChI=1S/C27H51N3O/c1-5-7-8-9-10-11-12-13-14-15-16-17-18-19-20-21-22-27-28-23-24-30(27,6-2)25(3)29-26(4)31/h8-9,23,25,27H,5-7,10-22,24H2,1-4H3/p+1/b9-8+. The van der Waals surface area contributed by atoms with E-state index in [1.165, 1.54) is 89.9 Å². The van der Waals surface area contributed by atoms with Gasteiger partial charge in [-0.1, -0.05) is 83.3 Å². The molecule has 0 aromatic carbocycles. The predicted molar refractivity (Wildman–Crippen MR) is 135 cm³/mol. The highest BCUT2D eigenvalue weighted by molar-refractivity contribution is 5.73. The Kier molecular flexibility index (Phi) is 15.6. The van der Waals surface area contributed by atoms with Gasteiger partial charge < -0.3 is 5.32 Å². The minimum atomic E-state index is 0.0589. The van der Waals surface area contributed by atoms with Crippen LogP contribution in [0, 0.1) is 0 Å². The number of carbonyl (C=O) groups is 1. The number of aliphatic imine (C=N–C) groups is 1. The van der Waals surface area contributed by atoms with E-state index in [2.05, 4.69) is 44.5 Å². The Balaban J connectivity index is 2.01. The summed E-state index contributed by atoms with van der Waals surface area (Å²) in [5.74, 6) is 0.0589. The van der Waals surface area contributed by atoms with E-state index in [1.807, 2.05) is 0 Å². The van der Waals surface area contributed by atoms with Crippen molar-refractivity contribution in [1.82, 2.24) is 5.32 Å². The summed E-state index contributed by atoms with van der Waals surface area (Å²) in [5, 5.41) is 3.11. The summed E-state index contributed by atoms with van der Waals surface area (Å²) in [6.45, 7) is 10.2. The van der Waals surface area contributed by atoms with Crippen LogP contribution in [0.5, 0.6) is 0 Å². The molecule has 3 atom stereocenters. The molecule has 0 saturated heterocycles. The Morgan fingerprint density at radius 1 is 0.968 bits per heavy atom. The van der Waals surface area contributed by atoms with Crippen molar-refractivity contribution in [3.8, 4) is 0 Å². The number of rotatable bonds is 19. The molecule has 0 bridgehead atoms.